The van der Waals surface area contributed by atoms with Gasteiger partial charge in [0.2, 0.25) is 0 Å². The normalized spacial score (nSPS) is 12.4. The summed E-state index contributed by atoms with van der Waals surface area (Å²) in [4.78, 5) is 43.1. The number of fused-ring (bicyclic) bond motifs is 1. The van der Waals surface area contributed by atoms with E-state index in [4.69, 9.17) is 14.2 Å². The van der Waals surface area contributed by atoms with E-state index in [-0.39, 0.29) is 22.8 Å². The molecule has 12 heteroatoms. The van der Waals surface area contributed by atoms with Gasteiger partial charge in [-0.2, -0.15) is 4.90 Å². The number of aromatic nitrogens is 1. The molecule has 214 valence electrons. The first-order valence-corrected chi connectivity index (χ1v) is 12.2. The van der Waals surface area contributed by atoms with Crippen molar-refractivity contribution in [2.45, 2.75) is 58.8 Å². The van der Waals surface area contributed by atoms with E-state index in [1.165, 1.54) is 31.5 Å². The minimum Gasteiger partial charge on any atom is -0.494 e. The van der Waals surface area contributed by atoms with Crippen molar-refractivity contribution in [2.24, 2.45) is 0 Å². The Morgan fingerprint density at radius 3 is 2.05 bits per heavy atom. The van der Waals surface area contributed by atoms with E-state index in [9.17, 15) is 28.3 Å². The summed E-state index contributed by atoms with van der Waals surface area (Å²) >= 11 is 0. The van der Waals surface area contributed by atoms with Crippen LogP contribution in [-0.2, 0) is 14.3 Å². The summed E-state index contributed by atoms with van der Waals surface area (Å²) in [5.74, 6) is -3.86. The number of halogens is 2. The molecule has 0 bridgehead atoms. The van der Waals surface area contributed by atoms with Crippen LogP contribution in [0.15, 0.2) is 42.6 Å². The number of amides is 2. The molecular weight excluding hydrogens is 528 g/mol. The summed E-state index contributed by atoms with van der Waals surface area (Å²) in [6.07, 6.45) is -0.659. The Kier molecular flexibility index (Phi) is 8.51. The van der Waals surface area contributed by atoms with E-state index in [1.807, 2.05) is 0 Å². The molecule has 2 N–H and O–H groups in total. The first-order valence-electron chi connectivity index (χ1n) is 12.2. The molecule has 2 aromatic carbocycles. The maximum Gasteiger partial charge on any atom is 0.425 e. The molecule has 0 spiro atoms. The molecule has 0 saturated heterocycles. The number of carboxylic acids is 1. The monoisotopic (exact) mass is 559 g/mol. The zero-order valence-electron chi connectivity index (χ0n) is 23.2. The number of hydrogen-bond donors (Lipinski definition) is 2. The molecule has 1 aromatic heterocycles. The van der Waals surface area contributed by atoms with E-state index in [0.717, 1.165) is 6.07 Å². The largest absolute Gasteiger partial charge is 0.494 e. The van der Waals surface area contributed by atoms with Crippen LogP contribution < -0.4 is 15.0 Å². The van der Waals surface area contributed by atoms with Gasteiger partial charge in [-0.05, 0) is 77.3 Å². The molecule has 3 aromatic rings. The van der Waals surface area contributed by atoms with Crippen LogP contribution in [0, 0.1) is 11.6 Å². The number of carbonyl (C=O) groups is 3. The average molecular weight is 560 g/mol. The lowest BCUT2D eigenvalue weighted by Gasteiger charge is -2.28. The predicted octanol–water partition coefficient (Wildman–Crippen LogP) is 6.44. The Hall–Kier alpha value is -4.48. The highest BCUT2D eigenvalue weighted by Gasteiger charge is 2.34. The number of ether oxygens (including phenoxy) is 3. The van der Waals surface area contributed by atoms with Gasteiger partial charge in [0.15, 0.2) is 23.4 Å². The van der Waals surface area contributed by atoms with E-state index in [1.54, 1.807) is 47.6 Å². The highest BCUT2D eigenvalue weighted by Crippen LogP contribution is 2.32. The standard InChI is InChI=1S/C28H31F2N3O7/c1-27(2,3)39-25(36)33(26(37)40-28(4,5)6)23-17-9-8-16(12-15(17)10-11-31-23)32-22(24(34)35)18-13-21(38-7)20(30)14-19(18)29/h8-14,22,32H,1-7H3,(H,34,35). The summed E-state index contributed by atoms with van der Waals surface area (Å²) in [6.45, 7) is 9.86. The van der Waals surface area contributed by atoms with Crippen LogP contribution in [0.25, 0.3) is 10.8 Å². The molecule has 0 fully saturated rings. The minimum absolute atomic E-state index is 0.0725. The number of carbonyl (C=O) groups excluding carboxylic acids is 2. The Morgan fingerprint density at radius 1 is 0.925 bits per heavy atom. The Labute approximate surface area is 229 Å². The lowest BCUT2D eigenvalue weighted by molar-refractivity contribution is -0.138. The molecule has 3 rings (SSSR count). The number of aliphatic carboxylic acids is 1. The second-order valence-electron chi connectivity index (χ2n) is 10.8. The summed E-state index contributed by atoms with van der Waals surface area (Å²) in [6, 6.07) is 5.98. The fourth-order valence-corrected chi connectivity index (χ4v) is 3.65. The Morgan fingerprint density at radius 2 is 1.52 bits per heavy atom. The number of nitrogens with one attached hydrogen (secondary N) is 1. The van der Waals surface area contributed by atoms with Crippen LogP contribution in [0.3, 0.4) is 0 Å². The third-order valence-electron chi connectivity index (χ3n) is 5.25. The zero-order valence-corrected chi connectivity index (χ0v) is 23.2. The Balaban J connectivity index is 2.06. The maximum absolute atomic E-state index is 14.6. The number of anilines is 2. The van der Waals surface area contributed by atoms with Crippen LogP contribution in [0.5, 0.6) is 5.75 Å². The van der Waals surface area contributed by atoms with Crippen LogP contribution in [-0.4, -0.2) is 46.6 Å². The third kappa shape index (κ3) is 7.13. The first kappa shape index (κ1) is 30.1. The van der Waals surface area contributed by atoms with Gasteiger partial charge in [-0.15, -0.1) is 0 Å². The van der Waals surface area contributed by atoms with Crippen molar-refractivity contribution in [2.75, 3.05) is 17.3 Å². The number of pyridine rings is 1. The summed E-state index contributed by atoms with van der Waals surface area (Å²) < 4.78 is 44.2. The van der Waals surface area contributed by atoms with E-state index in [2.05, 4.69) is 10.3 Å². The molecule has 40 heavy (non-hydrogen) atoms. The number of benzene rings is 2. The topological polar surface area (TPSA) is 127 Å². The molecule has 1 atom stereocenters. The molecule has 0 aliphatic rings. The number of imide groups is 1. The van der Waals surface area contributed by atoms with Gasteiger partial charge in [0, 0.05) is 28.9 Å². The molecule has 2 amide bonds. The predicted molar refractivity (Wildman–Crippen MR) is 144 cm³/mol. The zero-order chi connectivity index (χ0) is 30.0. The van der Waals surface area contributed by atoms with Crippen molar-refractivity contribution >= 4 is 40.4 Å². The third-order valence-corrected chi connectivity index (χ3v) is 5.25. The molecule has 0 radical (unpaired) electrons. The molecular formula is C28H31F2N3O7. The van der Waals surface area contributed by atoms with Crippen LogP contribution >= 0.6 is 0 Å². The van der Waals surface area contributed by atoms with E-state index >= 15 is 0 Å². The van der Waals surface area contributed by atoms with Gasteiger partial charge in [0.1, 0.15) is 17.0 Å². The first-order chi connectivity index (χ1) is 18.5. The number of nitrogens with zero attached hydrogens (tertiary/aromatic N) is 2. The van der Waals surface area contributed by atoms with Gasteiger partial charge >= 0.3 is 18.2 Å². The fourth-order valence-electron chi connectivity index (χ4n) is 3.65. The lowest BCUT2D eigenvalue weighted by Crippen LogP contribution is -2.44. The van der Waals surface area contributed by atoms with E-state index < -0.39 is 47.0 Å². The second-order valence-corrected chi connectivity index (χ2v) is 10.8. The fraction of sp³-hybridized carbons (Fsp3) is 0.357. The summed E-state index contributed by atoms with van der Waals surface area (Å²) in [7, 11) is 1.18. The second kappa shape index (κ2) is 11.3. The molecule has 10 nitrogen and oxygen atoms in total. The number of hydrogen-bond acceptors (Lipinski definition) is 8. The van der Waals surface area contributed by atoms with Crippen molar-refractivity contribution in [3.8, 4) is 5.75 Å². The molecule has 0 saturated carbocycles. The Bertz CT molecular complexity index is 1420. The van der Waals surface area contributed by atoms with Crippen LogP contribution in [0.1, 0.15) is 53.1 Å². The molecule has 0 aliphatic heterocycles. The molecule has 1 unspecified atom stereocenters. The highest BCUT2D eigenvalue weighted by molar-refractivity contribution is 6.14. The van der Waals surface area contributed by atoms with Gasteiger partial charge in [-0.25, -0.2) is 28.1 Å². The lowest BCUT2D eigenvalue weighted by atomic mass is 10.0. The highest BCUT2D eigenvalue weighted by atomic mass is 19.1. The van der Waals surface area contributed by atoms with Crippen molar-refractivity contribution < 1.29 is 42.5 Å². The average Bonchev–Trinajstić information content (AvgIpc) is 2.80. The van der Waals surface area contributed by atoms with Gasteiger partial charge in [0.25, 0.3) is 0 Å². The number of carboxylic acid groups (broad SMARTS) is 1. The van der Waals surface area contributed by atoms with Crippen molar-refractivity contribution in [3.63, 3.8) is 0 Å². The summed E-state index contributed by atoms with van der Waals surface area (Å²) in [5.41, 5.74) is -1.95. The number of rotatable bonds is 6. The number of methoxy groups -OCH3 is 1. The van der Waals surface area contributed by atoms with Crippen molar-refractivity contribution in [1.82, 2.24) is 4.98 Å². The van der Waals surface area contributed by atoms with Crippen molar-refractivity contribution in [3.05, 3.63) is 59.8 Å². The minimum atomic E-state index is -1.60. The maximum atomic E-state index is 14.6. The molecule has 1 heterocycles. The van der Waals surface area contributed by atoms with Gasteiger partial charge in [-0.3, -0.25) is 0 Å². The quantitative estimate of drug-likeness (QED) is 0.351. The van der Waals surface area contributed by atoms with Crippen LogP contribution in [0.4, 0.5) is 29.9 Å². The van der Waals surface area contributed by atoms with Gasteiger partial charge < -0.3 is 24.6 Å². The smallest absolute Gasteiger partial charge is 0.425 e. The van der Waals surface area contributed by atoms with Crippen molar-refractivity contribution in [1.29, 1.82) is 0 Å². The summed E-state index contributed by atoms with van der Waals surface area (Å²) in [5, 5.41) is 13.3. The van der Waals surface area contributed by atoms with Gasteiger partial charge in [0.05, 0.1) is 7.11 Å². The van der Waals surface area contributed by atoms with Gasteiger partial charge in [-0.1, -0.05) is 0 Å². The van der Waals surface area contributed by atoms with E-state index in [0.29, 0.717) is 21.7 Å². The molecule has 0 aliphatic carbocycles. The SMILES string of the molecule is COc1cc(C(Nc2ccc3c(N(C(=O)OC(C)(C)C)C(=O)OC(C)(C)C)nccc3c2)C(=O)O)c(F)cc1F. The van der Waals surface area contributed by atoms with Crippen LogP contribution in [0.2, 0.25) is 0 Å².